The molecule has 0 saturated carbocycles. The van der Waals surface area contributed by atoms with Gasteiger partial charge in [-0.25, -0.2) is 4.98 Å². The Kier molecular flexibility index (Phi) is 2.30. The minimum Gasteiger partial charge on any atom is -0.323 e. The molecule has 0 bridgehead atoms. The second kappa shape index (κ2) is 4.04. The molecule has 4 rings (SSSR count). The molecule has 20 heavy (non-hydrogen) atoms. The highest BCUT2D eigenvalue weighted by Gasteiger charge is 2.23. The molecule has 2 heterocycles. The largest absolute Gasteiger partial charge is 0.323 e. The molecule has 3 aromatic rings. The molecule has 0 saturated heterocycles. The van der Waals surface area contributed by atoms with E-state index in [1.54, 1.807) is 0 Å². The second-order valence-electron chi connectivity index (χ2n) is 5.30. The average molecular weight is 262 g/mol. The van der Waals surface area contributed by atoms with E-state index in [4.69, 9.17) is 4.98 Å². The van der Waals surface area contributed by atoms with Crippen molar-refractivity contribution in [1.82, 2.24) is 9.55 Å². The number of para-hydroxylation sites is 1. The topological polar surface area (TPSA) is 34.9 Å². The van der Waals surface area contributed by atoms with Crippen molar-refractivity contribution in [2.75, 3.05) is 0 Å². The average Bonchev–Trinajstić information content (AvgIpc) is 2.83. The van der Waals surface area contributed by atoms with Crippen LogP contribution in [-0.2, 0) is 6.54 Å². The molecule has 1 aromatic heterocycles. The summed E-state index contributed by atoms with van der Waals surface area (Å²) in [6, 6.07) is 14.1. The summed E-state index contributed by atoms with van der Waals surface area (Å²) in [7, 11) is 0. The quantitative estimate of drug-likeness (QED) is 0.671. The van der Waals surface area contributed by atoms with Crippen molar-refractivity contribution in [3.05, 3.63) is 53.6 Å². The van der Waals surface area contributed by atoms with Gasteiger partial charge in [-0.2, -0.15) is 0 Å². The van der Waals surface area contributed by atoms with Crippen LogP contribution in [0.15, 0.2) is 42.5 Å². The van der Waals surface area contributed by atoms with Crippen LogP contribution in [0, 0.1) is 6.92 Å². The number of benzene rings is 2. The summed E-state index contributed by atoms with van der Waals surface area (Å²) < 4.78 is 2.18. The lowest BCUT2D eigenvalue weighted by Crippen LogP contribution is -2.14. The van der Waals surface area contributed by atoms with Gasteiger partial charge in [0.2, 0.25) is 0 Å². The zero-order chi connectivity index (χ0) is 13.7. The monoisotopic (exact) mass is 262 g/mol. The van der Waals surface area contributed by atoms with Crippen LogP contribution in [0.3, 0.4) is 0 Å². The molecule has 0 atom stereocenters. The van der Waals surface area contributed by atoms with Gasteiger partial charge in [-0.15, -0.1) is 0 Å². The van der Waals surface area contributed by atoms with Crippen LogP contribution in [0.4, 0.5) is 0 Å². The van der Waals surface area contributed by atoms with Gasteiger partial charge in [-0.3, -0.25) is 4.79 Å². The molecule has 3 nitrogen and oxygen atoms in total. The third-order valence-corrected chi connectivity index (χ3v) is 3.91. The molecule has 0 fully saturated rings. The molecule has 0 radical (unpaired) electrons. The highest BCUT2D eigenvalue weighted by molar-refractivity contribution is 6.08. The van der Waals surface area contributed by atoms with Crippen LogP contribution in [0.1, 0.15) is 22.3 Å². The minimum absolute atomic E-state index is 0.221. The van der Waals surface area contributed by atoms with Gasteiger partial charge in [0.15, 0.2) is 5.78 Å². The van der Waals surface area contributed by atoms with E-state index in [1.165, 1.54) is 5.56 Å². The first-order valence-electron chi connectivity index (χ1n) is 6.83. The molecule has 0 spiro atoms. The van der Waals surface area contributed by atoms with Crippen molar-refractivity contribution in [3.63, 3.8) is 0 Å². The van der Waals surface area contributed by atoms with Crippen molar-refractivity contribution in [2.24, 2.45) is 0 Å². The Bertz CT molecular complexity index is 845. The Morgan fingerprint density at radius 1 is 1.15 bits per heavy atom. The fraction of sp³-hybridized carbons (Fsp3) is 0.176. The maximum atomic E-state index is 12.0. The lowest BCUT2D eigenvalue weighted by atomic mass is 10.0. The zero-order valence-electron chi connectivity index (χ0n) is 11.3. The summed E-state index contributed by atoms with van der Waals surface area (Å²) in [5.74, 6) is 1.18. The highest BCUT2D eigenvalue weighted by Crippen LogP contribution is 2.31. The summed E-state index contributed by atoms with van der Waals surface area (Å²) >= 11 is 0. The summed E-state index contributed by atoms with van der Waals surface area (Å²) in [6.45, 7) is 2.80. The van der Waals surface area contributed by atoms with E-state index in [9.17, 15) is 4.79 Å². The second-order valence-corrected chi connectivity index (χ2v) is 5.30. The lowest BCUT2D eigenvalue weighted by Gasteiger charge is -2.15. The molecule has 0 N–H and O–H groups in total. The lowest BCUT2D eigenvalue weighted by molar-refractivity contribution is 0.0973. The number of aromatic nitrogens is 2. The summed E-state index contributed by atoms with van der Waals surface area (Å²) in [6.07, 6.45) is 0.557. The Morgan fingerprint density at radius 2 is 2.00 bits per heavy atom. The third kappa shape index (κ3) is 1.53. The number of hydrogen-bond donors (Lipinski definition) is 0. The Labute approximate surface area is 116 Å². The first kappa shape index (κ1) is 11.4. The van der Waals surface area contributed by atoms with Crippen molar-refractivity contribution in [2.45, 2.75) is 19.9 Å². The highest BCUT2D eigenvalue weighted by atomic mass is 16.1. The number of imidazole rings is 1. The number of aryl methyl sites for hydroxylation is 2. The number of rotatable bonds is 1. The summed E-state index contributed by atoms with van der Waals surface area (Å²) in [5, 5.41) is 0. The van der Waals surface area contributed by atoms with Crippen LogP contribution < -0.4 is 0 Å². The minimum atomic E-state index is 0.221. The smallest absolute Gasteiger partial charge is 0.166 e. The van der Waals surface area contributed by atoms with E-state index >= 15 is 0 Å². The van der Waals surface area contributed by atoms with Crippen LogP contribution in [0.25, 0.3) is 22.4 Å². The third-order valence-electron chi connectivity index (χ3n) is 3.91. The van der Waals surface area contributed by atoms with E-state index < -0.39 is 0 Å². The molecular weight excluding hydrogens is 248 g/mol. The molecular formula is C17H14N2O. The maximum Gasteiger partial charge on any atom is 0.166 e. The van der Waals surface area contributed by atoms with Crippen molar-refractivity contribution in [1.29, 1.82) is 0 Å². The summed E-state index contributed by atoms with van der Waals surface area (Å²) in [4.78, 5) is 16.8. The van der Waals surface area contributed by atoms with Gasteiger partial charge in [-0.05, 0) is 25.1 Å². The van der Waals surface area contributed by atoms with E-state index in [0.717, 1.165) is 34.5 Å². The molecule has 1 aliphatic rings. The zero-order valence-corrected chi connectivity index (χ0v) is 11.3. The number of carbonyl (C=O) groups is 1. The normalized spacial score (nSPS) is 13.9. The van der Waals surface area contributed by atoms with Crippen LogP contribution in [0.5, 0.6) is 0 Å². The molecule has 3 heteroatoms. The standard InChI is InChI=1S/C17H14N2O/c1-11-4-2-5-12(10-11)17-18-14-7-3-6-13-15(20)8-9-19(17)16(13)14/h2-7,10H,8-9H2,1H3. The van der Waals surface area contributed by atoms with Crippen molar-refractivity contribution < 1.29 is 4.79 Å². The Balaban J connectivity index is 2.06. The molecule has 2 aromatic carbocycles. The van der Waals surface area contributed by atoms with Gasteiger partial charge in [-0.1, -0.05) is 29.8 Å². The molecule has 1 aliphatic heterocycles. The van der Waals surface area contributed by atoms with Crippen LogP contribution in [-0.4, -0.2) is 15.3 Å². The van der Waals surface area contributed by atoms with Crippen molar-refractivity contribution in [3.8, 4) is 11.4 Å². The van der Waals surface area contributed by atoms with E-state index in [2.05, 4.69) is 29.7 Å². The SMILES string of the molecule is Cc1cccc(-c2nc3cccc4c3n2CCC4=O)c1. The van der Waals surface area contributed by atoms with Gasteiger partial charge >= 0.3 is 0 Å². The summed E-state index contributed by atoms with van der Waals surface area (Å²) in [5.41, 5.74) is 5.03. The molecule has 0 unspecified atom stereocenters. The first-order valence-corrected chi connectivity index (χ1v) is 6.83. The van der Waals surface area contributed by atoms with Gasteiger partial charge in [0.05, 0.1) is 11.0 Å². The number of nitrogens with zero attached hydrogens (tertiary/aromatic N) is 2. The fourth-order valence-electron chi connectivity index (χ4n) is 2.98. The van der Waals surface area contributed by atoms with E-state index in [1.807, 2.05) is 24.3 Å². The number of hydrogen-bond acceptors (Lipinski definition) is 2. The molecule has 98 valence electrons. The van der Waals surface area contributed by atoms with Crippen LogP contribution >= 0.6 is 0 Å². The Morgan fingerprint density at radius 3 is 2.85 bits per heavy atom. The van der Waals surface area contributed by atoms with Gasteiger partial charge in [0.25, 0.3) is 0 Å². The first-order chi connectivity index (χ1) is 9.74. The van der Waals surface area contributed by atoms with Gasteiger partial charge < -0.3 is 4.57 Å². The molecule has 0 aliphatic carbocycles. The maximum absolute atomic E-state index is 12.0. The van der Waals surface area contributed by atoms with Gasteiger partial charge in [0.1, 0.15) is 5.82 Å². The predicted molar refractivity (Wildman–Crippen MR) is 78.9 cm³/mol. The van der Waals surface area contributed by atoms with E-state index in [-0.39, 0.29) is 5.78 Å². The predicted octanol–water partition coefficient (Wildman–Crippen LogP) is 3.60. The number of Topliss-reactive ketones (excluding diaryl/α,β-unsaturated/α-hetero) is 1. The van der Waals surface area contributed by atoms with E-state index in [0.29, 0.717) is 6.42 Å². The molecule has 0 amide bonds. The van der Waals surface area contributed by atoms with Gasteiger partial charge in [0, 0.05) is 24.1 Å². The number of carbonyl (C=O) groups excluding carboxylic acids is 1. The number of ketones is 1. The Hall–Kier alpha value is -2.42. The van der Waals surface area contributed by atoms with Crippen molar-refractivity contribution >= 4 is 16.8 Å². The fourth-order valence-corrected chi connectivity index (χ4v) is 2.98. The van der Waals surface area contributed by atoms with Crippen LogP contribution in [0.2, 0.25) is 0 Å².